The molecular formula is C22H18N2O2. The largest absolute Gasteiger partial charge is 0.325 e. The predicted molar refractivity (Wildman–Crippen MR) is 101 cm³/mol. The molecule has 26 heavy (non-hydrogen) atoms. The number of carbonyl (C=O) groups is 2. The summed E-state index contributed by atoms with van der Waals surface area (Å²) in [4.78, 5) is 26.9. The number of hydrogen-bond acceptors (Lipinski definition) is 2. The second kappa shape index (κ2) is 6.84. The third-order valence-corrected chi connectivity index (χ3v) is 4.61. The standard InChI is InChI=1S/C22H18N2O2/c25-21-19-14-8-7-13-18(17-11-5-2-6-12-17)20(19)24(22(26)23-21)15-16-9-3-1-4-10-16/h1-14,20H,15H2,(H,23,25,26). The lowest BCUT2D eigenvalue weighted by Gasteiger charge is -2.38. The molecule has 4 rings (SSSR count). The maximum Gasteiger partial charge on any atom is 0.325 e. The Labute approximate surface area is 152 Å². The lowest BCUT2D eigenvalue weighted by molar-refractivity contribution is -0.118. The van der Waals surface area contributed by atoms with Gasteiger partial charge in [-0.15, -0.1) is 0 Å². The molecule has 4 nitrogen and oxygen atoms in total. The number of nitrogens with one attached hydrogen (secondary N) is 1. The van der Waals surface area contributed by atoms with Crippen molar-refractivity contribution in [2.24, 2.45) is 0 Å². The minimum atomic E-state index is -0.422. The molecule has 1 atom stereocenters. The Hall–Kier alpha value is -3.40. The van der Waals surface area contributed by atoms with Gasteiger partial charge in [-0.3, -0.25) is 10.1 Å². The zero-order chi connectivity index (χ0) is 17.9. The van der Waals surface area contributed by atoms with Crippen LogP contribution in [0.4, 0.5) is 4.79 Å². The molecule has 0 spiro atoms. The number of rotatable bonds is 3. The molecule has 3 amide bonds. The molecule has 1 heterocycles. The molecule has 0 bridgehead atoms. The highest BCUT2D eigenvalue weighted by Crippen LogP contribution is 2.33. The molecule has 1 aliphatic carbocycles. The van der Waals surface area contributed by atoms with E-state index in [9.17, 15) is 9.59 Å². The van der Waals surface area contributed by atoms with Crippen LogP contribution in [0.25, 0.3) is 5.57 Å². The fraction of sp³-hybridized carbons (Fsp3) is 0.0909. The molecule has 1 unspecified atom stereocenters. The molecule has 1 N–H and O–H groups in total. The Balaban J connectivity index is 1.80. The summed E-state index contributed by atoms with van der Waals surface area (Å²) in [5.41, 5.74) is 3.52. The first-order valence-electron chi connectivity index (χ1n) is 8.54. The summed E-state index contributed by atoms with van der Waals surface area (Å²) in [6, 6.07) is 18.9. The lowest BCUT2D eigenvalue weighted by Crippen LogP contribution is -2.56. The smallest absolute Gasteiger partial charge is 0.309 e. The van der Waals surface area contributed by atoms with Gasteiger partial charge in [0.2, 0.25) is 0 Å². The summed E-state index contributed by atoms with van der Waals surface area (Å²) < 4.78 is 0. The van der Waals surface area contributed by atoms with Gasteiger partial charge in [-0.1, -0.05) is 85.0 Å². The van der Waals surface area contributed by atoms with Crippen LogP contribution in [0.3, 0.4) is 0 Å². The van der Waals surface area contributed by atoms with E-state index >= 15 is 0 Å². The Morgan fingerprint density at radius 3 is 2.12 bits per heavy atom. The van der Waals surface area contributed by atoms with E-state index in [-0.39, 0.29) is 11.9 Å². The second-order valence-corrected chi connectivity index (χ2v) is 6.27. The molecule has 4 heteroatoms. The van der Waals surface area contributed by atoms with E-state index in [1.54, 1.807) is 11.0 Å². The first kappa shape index (κ1) is 16.1. The van der Waals surface area contributed by atoms with Crippen LogP contribution in [0.1, 0.15) is 11.1 Å². The first-order chi connectivity index (χ1) is 12.7. The number of fused-ring (bicyclic) bond motifs is 1. The third kappa shape index (κ3) is 2.97. The monoisotopic (exact) mass is 342 g/mol. The van der Waals surface area contributed by atoms with Gasteiger partial charge in [-0.2, -0.15) is 0 Å². The molecule has 2 aromatic rings. The first-order valence-corrected chi connectivity index (χ1v) is 8.54. The average molecular weight is 342 g/mol. The Kier molecular flexibility index (Phi) is 4.23. The van der Waals surface area contributed by atoms with Crippen LogP contribution in [0.2, 0.25) is 0 Å². The molecule has 128 valence electrons. The van der Waals surface area contributed by atoms with Gasteiger partial charge >= 0.3 is 6.03 Å². The van der Waals surface area contributed by atoms with Gasteiger partial charge in [-0.25, -0.2) is 4.79 Å². The van der Waals surface area contributed by atoms with Gasteiger partial charge in [0, 0.05) is 12.1 Å². The van der Waals surface area contributed by atoms with Crippen LogP contribution in [-0.4, -0.2) is 22.9 Å². The van der Waals surface area contributed by atoms with E-state index < -0.39 is 6.04 Å². The third-order valence-electron chi connectivity index (χ3n) is 4.61. The molecule has 0 saturated carbocycles. The molecule has 1 saturated heterocycles. The van der Waals surface area contributed by atoms with E-state index in [4.69, 9.17) is 0 Å². The van der Waals surface area contributed by atoms with Crippen molar-refractivity contribution >= 4 is 17.5 Å². The van der Waals surface area contributed by atoms with Crippen LogP contribution in [0.5, 0.6) is 0 Å². The second-order valence-electron chi connectivity index (χ2n) is 6.27. The van der Waals surface area contributed by atoms with Crippen LogP contribution >= 0.6 is 0 Å². The van der Waals surface area contributed by atoms with Crippen molar-refractivity contribution < 1.29 is 9.59 Å². The zero-order valence-corrected chi connectivity index (χ0v) is 14.1. The van der Waals surface area contributed by atoms with E-state index in [1.807, 2.05) is 78.9 Å². The summed E-state index contributed by atoms with van der Waals surface area (Å²) in [6.07, 6.45) is 7.52. The maximum atomic E-state index is 12.7. The normalized spacial score (nSPS) is 19.2. The van der Waals surface area contributed by atoms with Gasteiger partial charge in [0.15, 0.2) is 0 Å². The summed E-state index contributed by atoms with van der Waals surface area (Å²) in [5.74, 6) is -0.335. The topological polar surface area (TPSA) is 49.4 Å². The summed E-state index contributed by atoms with van der Waals surface area (Å²) >= 11 is 0. The molecule has 1 aliphatic heterocycles. The summed E-state index contributed by atoms with van der Waals surface area (Å²) in [5, 5.41) is 2.47. The number of hydrogen-bond donors (Lipinski definition) is 1. The predicted octanol–water partition coefficient (Wildman–Crippen LogP) is 3.69. The van der Waals surface area contributed by atoms with Crippen LogP contribution in [0.15, 0.2) is 90.5 Å². The van der Waals surface area contributed by atoms with Crippen LogP contribution in [0, 0.1) is 0 Å². The molecule has 0 aromatic heterocycles. The highest BCUT2D eigenvalue weighted by Gasteiger charge is 2.39. The summed E-state index contributed by atoms with van der Waals surface area (Å²) in [6.45, 7) is 0.423. The van der Waals surface area contributed by atoms with Gasteiger partial charge in [-0.05, 0) is 16.7 Å². The Morgan fingerprint density at radius 1 is 0.808 bits per heavy atom. The maximum absolute atomic E-state index is 12.7. The van der Waals surface area contributed by atoms with Crippen molar-refractivity contribution in [1.29, 1.82) is 0 Å². The zero-order valence-electron chi connectivity index (χ0n) is 14.1. The van der Waals surface area contributed by atoms with Gasteiger partial charge < -0.3 is 4.90 Å². The number of allylic oxidation sites excluding steroid dienone is 4. The highest BCUT2D eigenvalue weighted by molar-refractivity contribution is 6.10. The minimum Gasteiger partial charge on any atom is -0.309 e. The number of urea groups is 1. The SMILES string of the molecule is O=C1NC(=O)N(Cc2ccccc2)C2C1=CC=CC=C2c1ccccc1. The Bertz CT molecular complexity index is 927. The fourth-order valence-corrected chi connectivity index (χ4v) is 3.39. The highest BCUT2D eigenvalue weighted by atomic mass is 16.2. The minimum absolute atomic E-state index is 0.335. The number of benzene rings is 2. The van der Waals surface area contributed by atoms with Gasteiger partial charge in [0.25, 0.3) is 5.91 Å². The number of imide groups is 1. The van der Waals surface area contributed by atoms with E-state index in [1.165, 1.54) is 0 Å². The van der Waals surface area contributed by atoms with Crippen molar-refractivity contribution in [3.05, 3.63) is 102 Å². The van der Waals surface area contributed by atoms with Crippen LogP contribution < -0.4 is 5.32 Å². The van der Waals surface area contributed by atoms with Crippen LogP contribution in [-0.2, 0) is 11.3 Å². The molecule has 1 fully saturated rings. The van der Waals surface area contributed by atoms with Crippen molar-refractivity contribution in [2.75, 3.05) is 0 Å². The number of nitrogens with zero attached hydrogens (tertiary/aromatic N) is 1. The van der Waals surface area contributed by atoms with Crippen molar-refractivity contribution in [2.45, 2.75) is 12.6 Å². The number of amides is 3. The van der Waals surface area contributed by atoms with Crippen molar-refractivity contribution in [1.82, 2.24) is 10.2 Å². The molecule has 2 aromatic carbocycles. The molecule has 0 radical (unpaired) electrons. The van der Waals surface area contributed by atoms with Crippen molar-refractivity contribution in [3.63, 3.8) is 0 Å². The van der Waals surface area contributed by atoms with E-state index in [2.05, 4.69) is 5.32 Å². The summed E-state index contributed by atoms with van der Waals surface area (Å²) in [7, 11) is 0. The fourth-order valence-electron chi connectivity index (χ4n) is 3.39. The average Bonchev–Trinajstić information content (AvgIpc) is 2.90. The quantitative estimate of drug-likeness (QED) is 0.925. The van der Waals surface area contributed by atoms with E-state index in [0.29, 0.717) is 12.1 Å². The van der Waals surface area contributed by atoms with E-state index in [0.717, 1.165) is 16.7 Å². The molecule has 2 aliphatic rings. The molecular weight excluding hydrogens is 324 g/mol. The lowest BCUT2D eigenvalue weighted by atomic mass is 9.89. The van der Waals surface area contributed by atoms with Crippen molar-refractivity contribution in [3.8, 4) is 0 Å². The van der Waals surface area contributed by atoms with Gasteiger partial charge in [0.1, 0.15) is 0 Å². The Morgan fingerprint density at radius 2 is 1.42 bits per heavy atom. The van der Waals surface area contributed by atoms with Gasteiger partial charge in [0.05, 0.1) is 6.04 Å². The number of carbonyl (C=O) groups excluding carboxylic acids is 2.